The SMILES string of the molecule is CCc1ccc(N2CCC(c3[nH]nc4c3C(O)(C(F)(F)F)CC(=O)N4)CC2)nc1. The van der Waals surface area contributed by atoms with E-state index in [1.807, 2.05) is 18.3 Å². The van der Waals surface area contributed by atoms with Gasteiger partial charge >= 0.3 is 6.18 Å². The lowest BCUT2D eigenvalue weighted by molar-refractivity contribution is -0.267. The van der Waals surface area contributed by atoms with Crippen LogP contribution in [0.4, 0.5) is 24.8 Å². The third-order valence-electron chi connectivity index (χ3n) is 5.80. The van der Waals surface area contributed by atoms with Crippen molar-refractivity contribution in [1.29, 1.82) is 0 Å². The van der Waals surface area contributed by atoms with Crippen LogP contribution >= 0.6 is 0 Å². The van der Waals surface area contributed by atoms with Gasteiger partial charge in [0.05, 0.1) is 12.0 Å². The highest BCUT2D eigenvalue weighted by Crippen LogP contribution is 2.49. The van der Waals surface area contributed by atoms with Crippen LogP contribution in [0.1, 0.15) is 48.9 Å². The van der Waals surface area contributed by atoms with Crippen LogP contribution < -0.4 is 10.2 Å². The van der Waals surface area contributed by atoms with Gasteiger partial charge in [0.1, 0.15) is 5.82 Å². The predicted octanol–water partition coefficient (Wildman–Crippen LogP) is 2.84. The second-order valence-corrected chi connectivity index (χ2v) is 7.58. The number of aryl methyl sites for hydroxylation is 1. The summed E-state index contributed by atoms with van der Waals surface area (Å²) >= 11 is 0. The summed E-state index contributed by atoms with van der Waals surface area (Å²) in [5, 5.41) is 19.3. The molecule has 2 aliphatic rings. The maximum absolute atomic E-state index is 13.7. The monoisotopic (exact) mass is 409 g/mol. The molecule has 1 atom stereocenters. The lowest BCUT2D eigenvalue weighted by atomic mass is 9.81. The smallest absolute Gasteiger partial charge is 0.376 e. The maximum atomic E-state index is 13.7. The maximum Gasteiger partial charge on any atom is 0.422 e. The molecule has 1 fully saturated rings. The zero-order chi connectivity index (χ0) is 20.8. The number of fused-ring (bicyclic) bond motifs is 1. The molecule has 1 unspecified atom stereocenters. The summed E-state index contributed by atoms with van der Waals surface area (Å²) in [4.78, 5) is 18.2. The Hall–Kier alpha value is -2.62. The topological polar surface area (TPSA) is 94.1 Å². The lowest BCUT2D eigenvalue weighted by Gasteiger charge is -2.37. The van der Waals surface area contributed by atoms with Gasteiger partial charge in [0.15, 0.2) is 11.4 Å². The molecular formula is C19H22F3N5O2. The Morgan fingerprint density at radius 2 is 2.03 bits per heavy atom. The summed E-state index contributed by atoms with van der Waals surface area (Å²) in [5.74, 6) is -0.547. The number of piperidine rings is 1. The molecule has 0 aromatic carbocycles. The van der Waals surface area contributed by atoms with Crippen LogP contribution in [0.2, 0.25) is 0 Å². The number of hydrogen-bond donors (Lipinski definition) is 3. The van der Waals surface area contributed by atoms with E-state index in [9.17, 15) is 23.1 Å². The first-order chi connectivity index (χ1) is 13.7. The van der Waals surface area contributed by atoms with E-state index < -0.39 is 24.1 Å². The van der Waals surface area contributed by atoms with E-state index in [-0.39, 0.29) is 23.0 Å². The minimum Gasteiger partial charge on any atom is -0.376 e. The Kier molecular flexibility index (Phi) is 4.76. The minimum absolute atomic E-state index is 0.235. The number of aromatic amines is 1. The number of aromatic nitrogens is 3. The highest BCUT2D eigenvalue weighted by Gasteiger charge is 2.61. The van der Waals surface area contributed by atoms with Crippen molar-refractivity contribution >= 4 is 17.5 Å². The van der Waals surface area contributed by atoms with Gasteiger partial charge in [-0.05, 0) is 30.9 Å². The summed E-state index contributed by atoms with van der Waals surface area (Å²) in [6.45, 7) is 3.29. The molecule has 156 valence electrons. The number of hydrogen-bond acceptors (Lipinski definition) is 5. The molecule has 29 heavy (non-hydrogen) atoms. The number of carbonyl (C=O) groups excluding carboxylic acids is 1. The van der Waals surface area contributed by atoms with Gasteiger partial charge in [-0.2, -0.15) is 18.3 Å². The zero-order valence-electron chi connectivity index (χ0n) is 15.9. The number of alkyl halides is 3. The number of halogens is 3. The molecule has 2 aromatic heterocycles. The Morgan fingerprint density at radius 3 is 2.62 bits per heavy atom. The molecule has 0 radical (unpaired) electrons. The lowest BCUT2D eigenvalue weighted by Crippen LogP contribution is -2.48. The van der Waals surface area contributed by atoms with Gasteiger partial charge in [-0.3, -0.25) is 9.89 Å². The molecule has 4 heterocycles. The van der Waals surface area contributed by atoms with Crippen molar-refractivity contribution in [1.82, 2.24) is 15.2 Å². The zero-order valence-corrected chi connectivity index (χ0v) is 15.9. The molecular weight excluding hydrogens is 387 g/mol. The third-order valence-corrected chi connectivity index (χ3v) is 5.80. The fourth-order valence-electron chi connectivity index (χ4n) is 4.11. The fourth-order valence-corrected chi connectivity index (χ4v) is 4.11. The van der Waals surface area contributed by atoms with Crippen molar-refractivity contribution in [2.75, 3.05) is 23.3 Å². The van der Waals surface area contributed by atoms with Gasteiger partial charge in [0.2, 0.25) is 5.91 Å². The molecule has 10 heteroatoms. The summed E-state index contributed by atoms with van der Waals surface area (Å²) in [7, 11) is 0. The van der Waals surface area contributed by atoms with Gasteiger partial charge in [0.25, 0.3) is 0 Å². The number of anilines is 2. The summed E-state index contributed by atoms with van der Waals surface area (Å²) in [6.07, 6.45) is -2.16. The van der Waals surface area contributed by atoms with E-state index in [0.29, 0.717) is 25.9 Å². The van der Waals surface area contributed by atoms with Crippen molar-refractivity contribution in [2.24, 2.45) is 0 Å². The van der Waals surface area contributed by atoms with E-state index in [2.05, 4.69) is 32.3 Å². The molecule has 0 bridgehead atoms. The second-order valence-electron chi connectivity index (χ2n) is 7.58. The first-order valence-corrected chi connectivity index (χ1v) is 9.60. The van der Waals surface area contributed by atoms with Gasteiger partial charge in [-0.1, -0.05) is 13.0 Å². The van der Waals surface area contributed by atoms with Crippen LogP contribution in [0.15, 0.2) is 18.3 Å². The highest BCUT2D eigenvalue weighted by atomic mass is 19.4. The van der Waals surface area contributed by atoms with Crippen molar-refractivity contribution in [3.63, 3.8) is 0 Å². The second kappa shape index (κ2) is 7.01. The van der Waals surface area contributed by atoms with Gasteiger partial charge in [-0.15, -0.1) is 0 Å². The number of amides is 1. The van der Waals surface area contributed by atoms with Gasteiger partial charge < -0.3 is 15.3 Å². The van der Waals surface area contributed by atoms with Gasteiger partial charge in [0, 0.05) is 30.9 Å². The van der Waals surface area contributed by atoms with Gasteiger partial charge in [-0.25, -0.2) is 4.98 Å². The van der Waals surface area contributed by atoms with Crippen LogP contribution in [0, 0.1) is 0 Å². The molecule has 1 amide bonds. The number of pyridine rings is 1. The van der Waals surface area contributed by atoms with Crippen molar-refractivity contribution in [2.45, 2.75) is 50.3 Å². The van der Waals surface area contributed by atoms with E-state index >= 15 is 0 Å². The first-order valence-electron chi connectivity index (χ1n) is 9.60. The number of carbonyl (C=O) groups is 1. The fraction of sp³-hybridized carbons (Fsp3) is 0.526. The Bertz CT molecular complexity index is 904. The van der Waals surface area contributed by atoms with Crippen LogP contribution in [0.3, 0.4) is 0 Å². The van der Waals surface area contributed by atoms with Crippen LogP contribution in [0.25, 0.3) is 0 Å². The Morgan fingerprint density at radius 1 is 1.31 bits per heavy atom. The molecule has 7 nitrogen and oxygen atoms in total. The first kappa shape index (κ1) is 19.7. The normalized spacial score (nSPS) is 23.1. The van der Waals surface area contributed by atoms with Crippen molar-refractivity contribution in [3.8, 4) is 0 Å². The quantitative estimate of drug-likeness (QED) is 0.725. The largest absolute Gasteiger partial charge is 0.422 e. The molecule has 0 spiro atoms. The average molecular weight is 409 g/mol. The van der Waals surface area contributed by atoms with E-state index in [0.717, 1.165) is 17.8 Å². The number of aliphatic hydroxyl groups is 1. The molecule has 0 aliphatic carbocycles. The number of nitrogens with zero attached hydrogens (tertiary/aromatic N) is 3. The van der Waals surface area contributed by atoms with Crippen molar-refractivity contribution < 1.29 is 23.1 Å². The van der Waals surface area contributed by atoms with E-state index in [1.165, 1.54) is 0 Å². The standard InChI is InChI=1S/C19H22F3N5O2/c1-2-11-3-4-13(23-10-11)27-7-5-12(6-8-27)16-15-17(26-25-16)24-14(28)9-18(15,29)19(20,21)22/h3-4,10,12,29H,2,5-9H2,1H3,(H2,24,25,26,28). The number of rotatable bonds is 3. The van der Waals surface area contributed by atoms with Crippen LogP contribution in [-0.4, -0.2) is 45.5 Å². The van der Waals surface area contributed by atoms with E-state index in [1.54, 1.807) is 0 Å². The molecule has 2 aromatic rings. The average Bonchev–Trinajstić information content (AvgIpc) is 3.12. The summed E-state index contributed by atoms with van der Waals surface area (Å²) in [5.41, 5.74) is -2.20. The third kappa shape index (κ3) is 3.35. The van der Waals surface area contributed by atoms with Crippen LogP contribution in [-0.2, 0) is 16.8 Å². The molecule has 1 saturated heterocycles. The van der Waals surface area contributed by atoms with Crippen molar-refractivity contribution in [3.05, 3.63) is 35.2 Å². The van der Waals surface area contributed by atoms with Crippen LogP contribution in [0.5, 0.6) is 0 Å². The predicted molar refractivity (Wildman–Crippen MR) is 99.6 cm³/mol. The number of nitrogens with one attached hydrogen (secondary N) is 2. The van der Waals surface area contributed by atoms with E-state index in [4.69, 9.17) is 0 Å². The molecule has 3 N–H and O–H groups in total. The highest BCUT2D eigenvalue weighted by molar-refractivity contribution is 5.94. The molecule has 2 aliphatic heterocycles. The molecule has 0 saturated carbocycles. The number of H-pyrrole nitrogens is 1. The summed E-state index contributed by atoms with van der Waals surface area (Å²) in [6, 6.07) is 3.97. The summed E-state index contributed by atoms with van der Waals surface area (Å²) < 4.78 is 41.0. The minimum atomic E-state index is -4.98. The Labute approximate surface area is 165 Å². The Balaban J connectivity index is 1.56. The molecule has 4 rings (SSSR count).